The van der Waals surface area contributed by atoms with Crippen molar-refractivity contribution in [1.82, 2.24) is 5.32 Å². The highest BCUT2D eigenvalue weighted by Crippen LogP contribution is 2.21. The average Bonchev–Trinajstić information content (AvgIpc) is 2.59. The highest BCUT2D eigenvalue weighted by molar-refractivity contribution is 6.21. The van der Waals surface area contributed by atoms with E-state index in [0.29, 0.717) is 17.7 Å². The van der Waals surface area contributed by atoms with Crippen LogP contribution in [0.1, 0.15) is 16.7 Å². The van der Waals surface area contributed by atoms with Crippen molar-refractivity contribution in [3.05, 3.63) is 75.5 Å². The monoisotopic (exact) mass is 340 g/mol. The van der Waals surface area contributed by atoms with Crippen molar-refractivity contribution >= 4 is 23.6 Å². The third-order valence-corrected chi connectivity index (χ3v) is 3.61. The molecule has 0 aliphatic rings. The molecule has 2 amide bonds. The number of hydrogen-bond donors (Lipinski definition) is 1. The number of amides is 2. The Bertz CT molecular complexity index is 841. The summed E-state index contributed by atoms with van der Waals surface area (Å²) in [5.74, 6) is -0.286. The maximum atomic E-state index is 12.1. The minimum atomic E-state index is -0.611. The molecular formula is C18H16N2O5. The molecule has 7 nitrogen and oxygen atoms in total. The standard InChI is InChI=1S/C18H16N2O5/c1-12-3-4-14(9-13(12)2)17(18(22)19-11-21)10-25-16-7-5-15(6-8-16)20(23)24/h3-11H,1-2H3,(H,19,21,22)/b17-10-. The number of non-ortho nitro benzene ring substituents is 1. The van der Waals surface area contributed by atoms with Gasteiger partial charge in [-0.3, -0.25) is 25.0 Å². The van der Waals surface area contributed by atoms with E-state index in [1.54, 1.807) is 6.07 Å². The summed E-state index contributed by atoms with van der Waals surface area (Å²) in [6.07, 6.45) is 1.51. The molecule has 0 saturated carbocycles. The molecule has 0 atom stereocenters. The van der Waals surface area contributed by atoms with Gasteiger partial charge in [0.25, 0.3) is 11.6 Å². The molecule has 0 spiro atoms. The van der Waals surface area contributed by atoms with Crippen LogP contribution in [0.15, 0.2) is 48.7 Å². The van der Waals surface area contributed by atoms with Crippen LogP contribution >= 0.6 is 0 Å². The smallest absolute Gasteiger partial charge is 0.269 e. The van der Waals surface area contributed by atoms with Gasteiger partial charge >= 0.3 is 0 Å². The third kappa shape index (κ3) is 4.51. The Morgan fingerprint density at radius 3 is 2.36 bits per heavy atom. The van der Waals surface area contributed by atoms with Gasteiger partial charge < -0.3 is 4.74 Å². The number of carbonyl (C=O) groups excluding carboxylic acids is 2. The second-order valence-electron chi connectivity index (χ2n) is 5.29. The summed E-state index contributed by atoms with van der Waals surface area (Å²) in [6.45, 7) is 3.85. The number of benzene rings is 2. The molecule has 2 aromatic carbocycles. The predicted molar refractivity (Wildman–Crippen MR) is 91.8 cm³/mol. The second kappa shape index (κ2) is 7.87. The first-order valence-corrected chi connectivity index (χ1v) is 7.36. The summed E-state index contributed by atoms with van der Waals surface area (Å²) in [5.41, 5.74) is 2.73. The van der Waals surface area contributed by atoms with E-state index in [2.05, 4.69) is 5.32 Å². The molecule has 1 N–H and O–H groups in total. The van der Waals surface area contributed by atoms with E-state index in [-0.39, 0.29) is 11.3 Å². The lowest BCUT2D eigenvalue weighted by Crippen LogP contribution is -2.22. The summed E-state index contributed by atoms with van der Waals surface area (Å²) in [7, 11) is 0. The molecule has 0 bridgehead atoms. The largest absolute Gasteiger partial charge is 0.464 e. The van der Waals surface area contributed by atoms with Crippen LogP contribution in [0.4, 0.5) is 5.69 Å². The number of nitro groups is 1. The Hall–Kier alpha value is -3.48. The Labute approximate surface area is 144 Å². The molecule has 25 heavy (non-hydrogen) atoms. The lowest BCUT2D eigenvalue weighted by Gasteiger charge is -2.09. The van der Waals surface area contributed by atoms with Gasteiger partial charge in [0, 0.05) is 12.1 Å². The van der Waals surface area contributed by atoms with Crippen LogP contribution < -0.4 is 10.1 Å². The number of hydrogen-bond acceptors (Lipinski definition) is 5. The summed E-state index contributed by atoms with van der Waals surface area (Å²) in [6, 6.07) is 10.9. The first kappa shape index (κ1) is 17.9. The van der Waals surface area contributed by atoms with Crippen molar-refractivity contribution in [2.45, 2.75) is 13.8 Å². The van der Waals surface area contributed by atoms with Gasteiger partial charge in [-0.15, -0.1) is 0 Å². The minimum absolute atomic E-state index is 0.0654. The molecule has 0 unspecified atom stereocenters. The first-order chi connectivity index (χ1) is 11.9. The molecule has 2 aromatic rings. The van der Waals surface area contributed by atoms with Crippen molar-refractivity contribution in [2.24, 2.45) is 0 Å². The zero-order valence-electron chi connectivity index (χ0n) is 13.7. The van der Waals surface area contributed by atoms with Gasteiger partial charge in [0.1, 0.15) is 12.0 Å². The maximum Gasteiger partial charge on any atom is 0.269 e. The topological polar surface area (TPSA) is 98.5 Å². The van der Waals surface area contributed by atoms with Crippen LogP contribution in [-0.4, -0.2) is 17.2 Å². The molecule has 0 aromatic heterocycles. The fourth-order valence-electron chi connectivity index (χ4n) is 2.07. The summed E-state index contributed by atoms with van der Waals surface area (Å²) >= 11 is 0. The predicted octanol–water partition coefficient (Wildman–Crippen LogP) is 2.90. The van der Waals surface area contributed by atoms with Crippen molar-refractivity contribution < 1.29 is 19.2 Å². The van der Waals surface area contributed by atoms with Crippen LogP contribution in [0.5, 0.6) is 5.75 Å². The highest BCUT2D eigenvalue weighted by atomic mass is 16.6. The molecule has 0 aliphatic heterocycles. The number of nitro benzene ring substituents is 1. The van der Waals surface area contributed by atoms with E-state index in [1.807, 2.05) is 26.0 Å². The first-order valence-electron chi connectivity index (χ1n) is 7.36. The van der Waals surface area contributed by atoms with Gasteiger partial charge in [0.05, 0.1) is 10.5 Å². The highest BCUT2D eigenvalue weighted by Gasteiger charge is 2.13. The summed E-state index contributed by atoms with van der Waals surface area (Å²) < 4.78 is 5.43. The van der Waals surface area contributed by atoms with Gasteiger partial charge in [0.2, 0.25) is 6.41 Å². The van der Waals surface area contributed by atoms with Crippen LogP contribution in [0.3, 0.4) is 0 Å². The summed E-state index contributed by atoms with van der Waals surface area (Å²) in [4.78, 5) is 32.8. The molecule has 128 valence electrons. The van der Waals surface area contributed by atoms with Crippen LogP contribution in [-0.2, 0) is 9.59 Å². The second-order valence-corrected chi connectivity index (χ2v) is 5.29. The Morgan fingerprint density at radius 1 is 1.12 bits per heavy atom. The van der Waals surface area contributed by atoms with Gasteiger partial charge in [-0.05, 0) is 42.7 Å². The van der Waals surface area contributed by atoms with E-state index in [0.717, 1.165) is 11.1 Å². The van der Waals surface area contributed by atoms with E-state index < -0.39 is 10.8 Å². The maximum absolute atomic E-state index is 12.1. The minimum Gasteiger partial charge on any atom is -0.464 e. The van der Waals surface area contributed by atoms with E-state index in [1.165, 1.54) is 30.5 Å². The van der Waals surface area contributed by atoms with E-state index in [4.69, 9.17) is 4.74 Å². The van der Waals surface area contributed by atoms with Gasteiger partial charge in [-0.1, -0.05) is 18.2 Å². The zero-order chi connectivity index (χ0) is 18.4. The lowest BCUT2D eigenvalue weighted by molar-refractivity contribution is -0.384. The summed E-state index contributed by atoms with van der Waals surface area (Å²) in [5, 5.41) is 12.7. The zero-order valence-corrected chi connectivity index (χ0v) is 13.7. The third-order valence-electron chi connectivity index (χ3n) is 3.61. The fourth-order valence-corrected chi connectivity index (χ4v) is 2.07. The Balaban J connectivity index is 2.32. The van der Waals surface area contributed by atoms with Crippen LogP contribution in [0, 0.1) is 24.0 Å². The van der Waals surface area contributed by atoms with Gasteiger partial charge in [-0.2, -0.15) is 0 Å². The number of nitrogens with zero attached hydrogens (tertiary/aromatic N) is 1. The van der Waals surface area contributed by atoms with Crippen LogP contribution in [0.25, 0.3) is 5.57 Å². The van der Waals surface area contributed by atoms with E-state index >= 15 is 0 Å². The normalized spacial score (nSPS) is 10.9. The van der Waals surface area contributed by atoms with Crippen molar-refractivity contribution in [1.29, 1.82) is 0 Å². The number of aryl methyl sites for hydroxylation is 2. The molecule has 0 radical (unpaired) electrons. The number of nitrogens with one attached hydrogen (secondary N) is 1. The molecule has 0 heterocycles. The molecule has 0 saturated heterocycles. The average molecular weight is 340 g/mol. The van der Waals surface area contributed by atoms with Gasteiger partial charge in [0.15, 0.2) is 0 Å². The van der Waals surface area contributed by atoms with Crippen molar-refractivity contribution in [3.63, 3.8) is 0 Å². The van der Waals surface area contributed by atoms with Gasteiger partial charge in [-0.25, -0.2) is 0 Å². The number of ether oxygens (including phenoxy) is 1. The number of carbonyl (C=O) groups is 2. The Morgan fingerprint density at radius 2 is 1.80 bits per heavy atom. The quantitative estimate of drug-likeness (QED) is 0.287. The lowest BCUT2D eigenvalue weighted by atomic mass is 10.0. The SMILES string of the molecule is Cc1ccc(/C(=C/Oc2ccc([N+](=O)[O-])cc2)C(=O)NC=O)cc1C. The van der Waals surface area contributed by atoms with Crippen molar-refractivity contribution in [2.75, 3.05) is 0 Å². The van der Waals surface area contributed by atoms with Crippen molar-refractivity contribution in [3.8, 4) is 5.75 Å². The van der Waals surface area contributed by atoms with E-state index in [9.17, 15) is 19.7 Å². The molecule has 2 rings (SSSR count). The fraction of sp³-hybridized carbons (Fsp3) is 0.111. The molecular weight excluding hydrogens is 324 g/mol. The van der Waals surface area contributed by atoms with Crippen LogP contribution in [0.2, 0.25) is 0 Å². The molecule has 0 fully saturated rings. The molecule has 0 aliphatic carbocycles. The number of rotatable bonds is 6. The molecule has 7 heteroatoms. The Kier molecular flexibility index (Phi) is 5.62. The number of imide groups is 1.